The van der Waals surface area contributed by atoms with Crippen molar-refractivity contribution in [2.75, 3.05) is 0 Å². The lowest BCUT2D eigenvalue weighted by Crippen LogP contribution is -1.94. The van der Waals surface area contributed by atoms with Gasteiger partial charge < -0.3 is 0 Å². The molecule has 1 aromatic carbocycles. The molecule has 0 radical (unpaired) electrons. The highest BCUT2D eigenvalue weighted by Gasteiger charge is 2.03. The highest BCUT2D eigenvalue weighted by atomic mass is 14.1. The van der Waals surface area contributed by atoms with Gasteiger partial charge in [0.05, 0.1) is 0 Å². The Bertz CT molecular complexity index is 596. The molecule has 146 valence electrons. The minimum absolute atomic E-state index is 0.733. The fraction of sp³-hybridized carbons (Fsp3) is 0.462. The van der Waals surface area contributed by atoms with E-state index in [1.807, 2.05) is 13.8 Å². The Morgan fingerprint density at radius 3 is 1.65 bits per heavy atom. The second kappa shape index (κ2) is 14.4. The van der Waals surface area contributed by atoms with Crippen molar-refractivity contribution in [2.24, 2.45) is 5.92 Å². The van der Waals surface area contributed by atoms with Crippen LogP contribution >= 0.6 is 0 Å². The summed E-state index contributed by atoms with van der Waals surface area (Å²) in [5.74, 6) is 0.733. The van der Waals surface area contributed by atoms with Gasteiger partial charge in [-0.1, -0.05) is 93.5 Å². The molecule has 26 heavy (non-hydrogen) atoms. The number of rotatable bonds is 5. The maximum atomic E-state index is 4.02. The summed E-state index contributed by atoms with van der Waals surface area (Å²) in [4.78, 5) is 0. The van der Waals surface area contributed by atoms with Gasteiger partial charge in [-0.05, 0) is 70.6 Å². The highest BCUT2D eigenvalue weighted by Crippen LogP contribution is 2.20. The molecule has 0 spiro atoms. The van der Waals surface area contributed by atoms with E-state index < -0.39 is 0 Å². The Balaban J connectivity index is 0. The Morgan fingerprint density at radius 2 is 1.38 bits per heavy atom. The first kappa shape index (κ1) is 26.4. The van der Waals surface area contributed by atoms with E-state index in [1.165, 1.54) is 33.4 Å². The number of benzene rings is 1. The van der Waals surface area contributed by atoms with Gasteiger partial charge in [-0.25, -0.2) is 0 Å². The van der Waals surface area contributed by atoms with Crippen molar-refractivity contribution in [2.45, 2.75) is 75.7 Å². The average molecular weight is 355 g/mol. The molecule has 0 heteroatoms. The van der Waals surface area contributed by atoms with Gasteiger partial charge in [0, 0.05) is 0 Å². The number of hydrogen-bond acceptors (Lipinski definition) is 0. The fourth-order valence-electron chi connectivity index (χ4n) is 2.41. The zero-order valence-electron chi connectivity index (χ0n) is 19.1. The first-order valence-corrected chi connectivity index (χ1v) is 9.77. The second-order valence-corrected chi connectivity index (χ2v) is 7.47. The van der Waals surface area contributed by atoms with E-state index in [0.717, 1.165) is 17.9 Å². The van der Waals surface area contributed by atoms with Crippen LogP contribution in [0.4, 0.5) is 0 Å². The molecular weight excluding hydrogens is 312 g/mol. The van der Waals surface area contributed by atoms with Crippen LogP contribution in [-0.2, 0) is 0 Å². The van der Waals surface area contributed by atoms with Crippen LogP contribution in [-0.4, -0.2) is 0 Å². The Morgan fingerprint density at radius 1 is 0.923 bits per heavy atom. The molecule has 1 rings (SSSR count). The van der Waals surface area contributed by atoms with Crippen molar-refractivity contribution in [1.82, 2.24) is 0 Å². The summed E-state index contributed by atoms with van der Waals surface area (Å²) in [7, 11) is 0. The largest absolute Gasteiger partial charge is 0.0958 e. The summed E-state index contributed by atoms with van der Waals surface area (Å²) in [6, 6.07) is 8.44. The summed E-state index contributed by atoms with van der Waals surface area (Å²) >= 11 is 0. The molecule has 0 bridgehead atoms. The topological polar surface area (TPSA) is 0 Å². The molecule has 0 aliphatic rings. The van der Waals surface area contributed by atoms with Crippen molar-refractivity contribution in [3.05, 3.63) is 76.9 Å². The highest BCUT2D eigenvalue weighted by molar-refractivity contribution is 5.72. The molecule has 0 fully saturated rings. The van der Waals surface area contributed by atoms with Crippen LogP contribution in [0.25, 0.3) is 5.57 Å². The number of hydrogen-bond donors (Lipinski definition) is 0. The normalized spacial score (nSPS) is 9.19. The molecule has 0 unspecified atom stereocenters. The van der Waals surface area contributed by atoms with E-state index in [-0.39, 0.29) is 0 Å². The van der Waals surface area contributed by atoms with Gasteiger partial charge >= 0.3 is 0 Å². The summed E-state index contributed by atoms with van der Waals surface area (Å²) in [5, 5.41) is 0. The molecule has 0 aliphatic heterocycles. The predicted molar refractivity (Wildman–Crippen MR) is 124 cm³/mol. The first-order valence-electron chi connectivity index (χ1n) is 9.77. The van der Waals surface area contributed by atoms with Gasteiger partial charge in [-0.2, -0.15) is 0 Å². The molecule has 0 aliphatic carbocycles. The Hall–Kier alpha value is -1.82. The minimum Gasteiger partial charge on any atom is -0.0958 e. The molecule has 1 aromatic rings. The van der Waals surface area contributed by atoms with Crippen molar-refractivity contribution in [3.63, 3.8) is 0 Å². The molecular formula is C26H42. The van der Waals surface area contributed by atoms with E-state index in [9.17, 15) is 0 Å². The quantitative estimate of drug-likeness (QED) is 0.463. The lowest BCUT2D eigenvalue weighted by atomic mass is 9.95. The van der Waals surface area contributed by atoms with Gasteiger partial charge in [0.25, 0.3) is 0 Å². The van der Waals surface area contributed by atoms with Crippen LogP contribution < -0.4 is 0 Å². The number of allylic oxidation sites excluding steroid dienone is 6. The van der Waals surface area contributed by atoms with E-state index in [2.05, 4.69) is 98.9 Å². The van der Waals surface area contributed by atoms with Gasteiger partial charge in [-0.3, -0.25) is 0 Å². The maximum Gasteiger partial charge on any atom is -0.0190 e. The maximum absolute atomic E-state index is 4.02. The van der Waals surface area contributed by atoms with Crippen molar-refractivity contribution >= 4 is 5.57 Å². The zero-order chi connectivity index (χ0) is 20.9. The lowest BCUT2D eigenvalue weighted by Gasteiger charge is -2.11. The molecule has 0 N–H and O–H groups in total. The zero-order valence-corrected chi connectivity index (χ0v) is 19.1. The standard InChI is InChI=1S/C13H16.C11H20.C2H6/c1-10(2)9-12(4)13-7-5-11(3)6-8-13;1-8(2)7-11(9(3)4)10(5)6;1-2/h5-9H,4H2,1-3H3;8H,3,7H2,1-2,4-6H3;1-2H3. The first-order chi connectivity index (χ1) is 12.0. The molecule has 0 nitrogen and oxygen atoms in total. The molecule has 0 heterocycles. The van der Waals surface area contributed by atoms with Crippen LogP contribution in [0.5, 0.6) is 0 Å². The smallest absolute Gasteiger partial charge is 0.0190 e. The SMILES string of the molecule is C=C(C)C(CC(C)C)=C(C)C.C=C(C=C(C)C)c1ccc(C)cc1.CC. The van der Waals surface area contributed by atoms with Crippen LogP contribution in [0.15, 0.2) is 65.8 Å². The van der Waals surface area contributed by atoms with Crippen molar-refractivity contribution in [1.29, 1.82) is 0 Å². The lowest BCUT2D eigenvalue weighted by molar-refractivity contribution is 0.642. The predicted octanol–water partition coefficient (Wildman–Crippen LogP) is 8.95. The van der Waals surface area contributed by atoms with Gasteiger partial charge in [0.15, 0.2) is 0 Å². The van der Waals surface area contributed by atoms with Crippen LogP contribution in [0.2, 0.25) is 0 Å². The summed E-state index contributed by atoms with van der Waals surface area (Å²) in [6.45, 7) is 29.1. The van der Waals surface area contributed by atoms with Gasteiger partial charge in [0.2, 0.25) is 0 Å². The fourth-order valence-corrected chi connectivity index (χ4v) is 2.41. The average Bonchev–Trinajstić information content (AvgIpc) is 2.54. The molecule has 0 aromatic heterocycles. The van der Waals surface area contributed by atoms with Crippen molar-refractivity contribution < 1.29 is 0 Å². The molecule has 0 amide bonds. The Kier molecular flexibility index (Phi) is 14.6. The summed E-state index contributed by atoms with van der Waals surface area (Å²) in [6.07, 6.45) is 3.27. The van der Waals surface area contributed by atoms with E-state index in [1.54, 1.807) is 0 Å². The molecule has 0 saturated heterocycles. The van der Waals surface area contributed by atoms with Gasteiger partial charge in [-0.15, -0.1) is 0 Å². The monoisotopic (exact) mass is 354 g/mol. The van der Waals surface area contributed by atoms with Crippen molar-refractivity contribution in [3.8, 4) is 0 Å². The van der Waals surface area contributed by atoms with Gasteiger partial charge in [0.1, 0.15) is 0 Å². The number of aryl methyl sites for hydroxylation is 1. The van der Waals surface area contributed by atoms with Crippen LogP contribution in [0, 0.1) is 12.8 Å². The van der Waals surface area contributed by atoms with Crippen LogP contribution in [0.1, 0.15) is 79.9 Å². The van der Waals surface area contributed by atoms with E-state index >= 15 is 0 Å². The van der Waals surface area contributed by atoms with E-state index in [0.29, 0.717) is 0 Å². The summed E-state index contributed by atoms with van der Waals surface area (Å²) in [5.41, 5.74) is 8.93. The van der Waals surface area contributed by atoms with Crippen LogP contribution in [0.3, 0.4) is 0 Å². The second-order valence-electron chi connectivity index (χ2n) is 7.47. The third-order valence-electron chi connectivity index (χ3n) is 3.62. The molecule has 0 saturated carbocycles. The third kappa shape index (κ3) is 12.5. The van der Waals surface area contributed by atoms with E-state index in [4.69, 9.17) is 0 Å². The third-order valence-corrected chi connectivity index (χ3v) is 3.62. The summed E-state index contributed by atoms with van der Waals surface area (Å²) < 4.78 is 0. The molecule has 0 atom stereocenters. The minimum atomic E-state index is 0.733. The Labute approximate surface area is 164 Å².